The van der Waals surface area contributed by atoms with Crippen molar-refractivity contribution in [2.45, 2.75) is 20.3 Å². The Morgan fingerprint density at radius 3 is 2.14 bits per heavy atom. The number of hydrogen-bond acceptors (Lipinski definition) is 3. The van der Waals surface area contributed by atoms with Crippen molar-refractivity contribution in [1.82, 2.24) is 4.90 Å². The van der Waals surface area contributed by atoms with Gasteiger partial charge in [0.05, 0.1) is 0 Å². The van der Waals surface area contributed by atoms with Crippen LogP contribution in [0.2, 0.25) is 0 Å². The van der Waals surface area contributed by atoms with Crippen LogP contribution in [0.25, 0.3) is 5.48 Å². The van der Waals surface area contributed by atoms with Gasteiger partial charge in [-0.3, -0.25) is 0 Å². The molecule has 88 valence electrons. The first kappa shape index (κ1) is 20.0. The Kier molecular flexibility index (Phi) is 27.4. The molecular weight excluding hydrogens is 350 g/mol. The predicted octanol–water partition coefficient (Wildman–Crippen LogP) is 1.23. The third-order valence-corrected chi connectivity index (χ3v) is 1.06. The van der Waals surface area contributed by atoms with Gasteiger partial charge in [-0.1, -0.05) is 13.8 Å². The molecule has 0 spiro atoms. The van der Waals surface area contributed by atoms with Crippen molar-refractivity contribution in [3.8, 4) is 0 Å². The van der Waals surface area contributed by atoms with Gasteiger partial charge in [0.1, 0.15) is 0 Å². The monoisotopic (exact) mass is 374 g/mol. The first-order valence-corrected chi connectivity index (χ1v) is 4.82. The van der Waals surface area contributed by atoms with Crippen LogP contribution < -0.4 is 5.73 Å². The first-order valence-electron chi connectivity index (χ1n) is 4.82. The molecule has 0 aromatic rings. The van der Waals surface area contributed by atoms with E-state index in [2.05, 4.69) is 24.5 Å². The maximum atomic E-state index is 4.93. The van der Waals surface area contributed by atoms with E-state index in [9.17, 15) is 0 Å². The minimum Gasteiger partial charge on any atom is -0.534 e. The maximum absolute atomic E-state index is 4.93. The zero-order valence-corrected chi connectivity index (χ0v) is 12.8. The van der Waals surface area contributed by atoms with Crippen molar-refractivity contribution in [2.75, 3.05) is 40.3 Å². The minimum absolute atomic E-state index is 0. The van der Waals surface area contributed by atoms with Crippen molar-refractivity contribution in [2.24, 2.45) is 5.73 Å². The van der Waals surface area contributed by atoms with Gasteiger partial charge in [-0.05, 0) is 33.6 Å². The molecule has 4 nitrogen and oxygen atoms in total. The summed E-state index contributed by atoms with van der Waals surface area (Å²) in [6.07, 6.45) is 1.05. The molecule has 0 aliphatic rings. The topological polar surface area (TPSA) is 52.6 Å². The summed E-state index contributed by atoms with van der Waals surface area (Å²) in [5, 5.41) is 0. The standard InChI is InChI=1S/C7H17N2O.C2H7N.W/c1-4-8-10-7-5-6-9(2)3;1-2-3;/h4-7H2,1-3H3;2-3H2,1H3;/q-1;;. The van der Waals surface area contributed by atoms with E-state index in [0.29, 0.717) is 0 Å². The van der Waals surface area contributed by atoms with E-state index >= 15 is 0 Å². The van der Waals surface area contributed by atoms with Crippen LogP contribution in [0.5, 0.6) is 0 Å². The zero-order chi connectivity index (χ0) is 10.5. The summed E-state index contributed by atoms with van der Waals surface area (Å²) < 4.78 is 0. The number of nitrogens with two attached hydrogens (primary N) is 1. The average Bonchev–Trinajstić information content (AvgIpc) is 2.05. The van der Waals surface area contributed by atoms with Gasteiger partial charge in [0.25, 0.3) is 0 Å². The van der Waals surface area contributed by atoms with Crippen LogP contribution in [0.4, 0.5) is 0 Å². The van der Waals surface area contributed by atoms with Gasteiger partial charge in [-0.2, -0.15) is 0 Å². The summed E-state index contributed by atoms with van der Waals surface area (Å²) in [7, 11) is 4.11. The molecule has 0 fully saturated rings. The second-order valence-corrected chi connectivity index (χ2v) is 2.84. The molecule has 0 bridgehead atoms. The molecule has 0 aromatic carbocycles. The zero-order valence-electron chi connectivity index (χ0n) is 9.82. The molecule has 14 heavy (non-hydrogen) atoms. The smallest absolute Gasteiger partial charge is 0.0258 e. The Bertz CT molecular complexity index is 84.5. The van der Waals surface area contributed by atoms with E-state index in [-0.39, 0.29) is 21.1 Å². The molecule has 0 rings (SSSR count). The molecule has 5 heteroatoms. The molecule has 2 N–H and O–H groups in total. The van der Waals surface area contributed by atoms with Gasteiger partial charge >= 0.3 is 0 Å². The molecule has 0 aliphatic heterocycles. The van der Waals surface area contributed by atoms with Crippen LogP contribution in [0.3, 0.4) is 0 Å². The van der Waals surface area contributed by atoms with Gasteiger partial charge in [-0.25, -0.2) is 0 Å². The van der Waals surface area contributed by atoms with Crippen molar-refractivity contribution in [1.29, 1.82) is 0 Å². The first-order chi connectivity index (χ1) is 6.18. The molecule has 0 unspecified atom stereocenters. The van der Waals surface area contributed by atoms with Crippen LogP contribution in [-0.4, -0.2) is 45.2 Å². The van der Waals surface area contributed by atoms with E-state index in [1.807, 2.05) is 13.8 Å². The molecular formula is C9H24N3OW-. The summed E-state index contributed by atoms with van der Waals surface area (Å²) in [6, 6.07) is 0. The van der Waals surface area contributed by atoms with Gasteiger partial charge in [0, 0.05) is 27.7 Å². The Morgan fingerprint density at radius 1 is 1.29 bits per heavy atom. The van der Waals surface area contributed by atoms with Crippen molar-refractivity contribution >= 4 is 0 Å². The fourth-order valence-corrected chi connectivity index (χ4v) is 0.601. The van der Waals surface area contributed by atoms with E-state index in [1.54, 1.807) is 0 Å². The third kappa shape index (κ3) is 29.4. The molecule has 0 amide bonds. The Morgan fingerprint density at radius 2 is 1.79 bits per heavy atom. The van der Waals surface area contributed by atoms with Crippen LogP contribution in [0.1, 0.15) is 20.3 Å². The SMILES string of the molecule is CCN.CC[N-]OCCCN(C)C.[W]. The normalized spacial score (nSPS) is 9.00. The predicted molar refractivity (Wildman–Crippen MR) is 57.8 cm³/mol. The Hall–Kier alpha value is 0.528. The number of hydrogen-bond donors (Lipinski definition) is 1. The Labute approximate surface area is 103 Å². The number of nitrogens with zero attached hydrogens (tertiary/aromatic N) is 2. The molecule has 0 heterocycles. The third-order valence-electron chi connectivity index (χ3n) is 1.06. The van der Waals surface area contributed by atoms with Crippen LogP contribution in [0.15, 0.2) is 0 Å². The molecule has 0 aliphatic carbocycles. The van der Waals surface area contributed by atoms with Crippen molar-refractivity contribution < 1.29 is 25.9 Å². The summed E-state index contributed by atoms with van der Waals surface area (Å²) in [4.78, 5) is 7.07. The van der Waals surface area contributed by atoms with Gasteiger partial charge in [-0.15, -0.1) is 6.54 Å². The van der Waals surface area contributed by atoms with E-state index in [4.69, 9.17) is 10.6 Å². The molecule has 0 saturated heterocycles. The molecule has 0 atom stereocenters. The second-order valence-electron chi connectivity index (χ2n) is 2.84. The van der Waals surface area contributed by atoms with Crippen LogP contribution in [0, 0.1) is 0 Å². The summed E-state index contributed by atoms with van der Waals surface area (Å²) in [6.45, 7) is 7.18. The van der Waals surface area contributed by atoms with E-state index < -0.39 is 0 Å². The molecule has 0 radical (unpaired) electrons. The van der Waals surface area contributed by atoms with E-state index in [0.717, 1.165) is 32.7 Å². The molecule has 0 aromatic heterocycles. The Balaban J connectivity index is -0.000000267. The molecule has 0 saturated carbocycles. The van der Waals surface area contributed by atoms with Gasteiger partial charge < -0.3 is 21.0 Å². The fraction of sp³-hybridized carbons (Fsp3) is 1.00. The summed E-state index contributed by atoms with van der Waals surface area (Å²) in [5.74, 6) is 0. The van der Waals surface area contributed by atoms with Gasteiger partial charge in [0.15, 0.2) is 0 Å². The number of hydroxylamine groups is 1. The average molecular weight is 374 g/mol. The van der Waals surface area contributed by atoms with Crippen LogP contribution >= 0.6 is 0 Å². The second kappa shape index (κ2) is 19.2. The van der Waals surface area contributed by atoms with Crippen molar-refractivity contribution in [3.63, 3.8) is 0 Å². The van der Waals surface area contributed by atoms with Crippen molar-refractivity contribution in [3.05, 3.63) is 5.48 Å². The largest absolute Gasteiger partial charge is 0.534 e. The van der Waals surface area contributed by atoms with Crippen LogP contribution in [-0.2, 0) is 25.9 Å². The minimum atomic E-state index is 0. The fourth-order valence-electron chi connectivity index (χ4n) is 0.601. The maximum Gasteiger partial charge on any atom is 0.0258 e. The van der Waals surface area contributed by atoms with Gasteiger partial charge in [0.2, 0.25) is 0 Å². The summed E-state index contributed by atoms with van der Waals surface area (Å²) >= 11 is 0. The number of rotatable bonds is 6. The quantitative estimate of drug-likeness (QED) is 0.562. The summed E-state index contributed by atoms with van der Waals surface area (Å²) in [5.41, 5.74) is 8.60. The van der Waals surface area contributed by atoms with E-state index in [1.165, 1.54) is 0 Å².